The van der Waals surface area contributed by atoms with E-state index in [1.54, 1.807) is 6.92 Å². The van der Waals surface area contributed by atoms with Crippen LogP contribution in [-0.2, 0) is 19.1 Å². The average Bonchev–Trinajstić information content (AvgIpc) is 2.25. The van der Waals surface area contributed by atoms with Crippen LogP contribution in [0.1, 0.15) is 47.5 Å². The molecule has 0 saturated heterocycles. The number of hydrogen-bond acceptors (Lipinski definition) is 4. The van der Waals surface area contributed by atoms with E-state index in [1.807, 2.05) is 27.7 Å². The SMILES string of the molecule is CCC(C)OC(=O)C=CC(=O)OC(C)(C)CC. The van der Waals surface area contributed by atoms with E-state index in [0.717, 1.165) is 18.6 Å². The van der Waals surface area contributed by atoms with Crippen LogP contribution in [0.5, 0.6) is 0 Å². The summed E-state index contributed by atoms with van der Waals surface area (Å²) < 4.78 is 10.1. The van der Waals surface area contributed by atoms with Gasteiger partial charge >= 0.3 is 11.9 Å². The van der Waals surface area contributed by atoms with Gasteiger partial charge in [0.2, 0.25) is 0 Å². The second-order valence-electron chi connectivity index (χ2n) is 4.52. The fourth-order valence-corrected chi connectivity index (χ4v) is 0.835. The van der Waals surface area contributed by atoms with Crippen molar-refractivity contribution in [2.45, 2.75) is 59.2 Å². The molecule has 4 nitrogen and oxygen atoms in total. The number of ether oxygens (including phenoxy) is 2. The lowest BCUT2D eigenvalue weighted by atomic mass is 10.1. The van der Waals surface area contributed by atoms with Crippen molar-refractivity contribution in [2.24, 2.45) is 0 Å². The van der Waals surface area contributed by atoms with Crippen LogP contribution in [0.4, 0.5) is 0 Å². The van der Waals surface area contributed by atoms with Gasteiger partial charge in [-0.2, -0.15) is 0 Å². The highest BCUT2D eigenvalue weighted by molar-refractivity contribution is 5.91. The molecular formula is C13H22O4. The van der Waals surface area contributed by atoms with Crippen molar-refractivity contribution in [2.75, 3.05) is 0 Å². The van der Waals surface area contributed by atoms with Crippen molar-refractivity contribution in [1.29, 1.82) is 0 Å². The van der Waals surface area contributed by atoms with Gasteiger partial charge in [-0.15, -0.1) is 0 Å². The summed E-state index contributed by atoms with van der Waals surface area (Å²) in [5.41, 5.74) is -0.512. The molecule has 0 N–H and O–H groups in total. The minimum Gasteiger partial charge on any atom is -0.460 e. The molecule has 17 heavy (non-hydrogen) atoms. The number of carbonyl (C=O) groups excluding carboxylic acids is 2. The van der Waals surface area contributed by atoms with Gasteiger partial charge in [-0.25, -0.2) is 9.59 Å². The molecule has 0 aliphatic heterocycles. The normalized spacial score (nSPS) is 13.5. The largest absolute Gasteiger partial charge is 0.460 e. The molecule has 0 saturated carbocycles. The Balaban J connectivity index is 4.16. The quantitative estimate of drug-likeness (QED) is 0.530. The van der Waals surface area contributed by atoms with Crippen LogP contribution in [0, 0.1) is 0 Å². The molecular weight excluding hydrogens is 220 g/mol. The molecule has 0 amide bonds. The molecule has 0 aromatic carbocycles. The van der Waals surface area contributed by atoms with E-state index in [4.69, 9.17) is 9.47 Å². The Bertz CT molecular complexity index is 292. The molecule has 1 unspecified atom stereocenters. The van der Waals surface area contributed by atoms with Gasteiger partial charge < -0.3 is 9.47 Å². The molecule has 0 bridgehead atoms. The standard InChI is InChI=1S/C13H22O4/c1-6-10(3)16-11(14)8-9-12(15)17-13(4,5)7-2/h8-10H,6-7H2,1-5H3. The fourth-order valence-electron chi connectivity index (χ4n) is 0.835. The molecule has 0 aliphatic carbocycles. The number of hydrogen-bond donors (Lipinski definition) is 0. The maximum Gasteiger partial charge on any atom is 0.331 e. The van der Waals surface area contributed by atoms with Crippen LogP contribution in [-0.4, -0.2) is 23.6 Å². The highest BCUT2D eigenvalue weighted by Gasteiger charge is 2.18. The zero-order valence-electron chi connectivity index (χ0n) is 11.3. The fraction of sp³-hybridized carbons (Fsp3) is 0.692. The van der Waals surface area contributed by atoms with E-state index in [9.17, 15) is 9.59 Å². The van der Waals surface area contributed by atoms with Crippen molar-refractivity contribution in [3.05, 3.63) is 12.2 Å². The van der Waals surface area contributed by atoms with Crippen LogP contribution in [0.15, 0.2) is 12.2 Å². The Labute approximate surface area is 103 Å². The lowest BCUT2D eigenvalue weighted by molar-refractivity contribution is -0.151. The van der Waals surface area contributed by atoms with Gasteiger partial charge in [0.05, 0.1) is 6.10 Å². The van der Waals surface area contributed by atoms with Gasteiger partial charge in [0.1, 0.15) is 5.60 Å². The second kappa shape index (κ2) is 7.09. The van der Waals surface area contributed by atoms with Gasteiger partial charge in [-0.05, 0) is 33.6 Å². The summed E-state index contributed by atoms with van der Waals surface area (Å²) in [4.78, 5) is 22.6. The average molecular weight is 242 g/mol. The molecule has 4 heteroatoms. The number of rotatable bonds is 6. The second-order valence-corrected chi connectivity index (χ2v) is 4.52. The smallest absolute Gasteiger partial charge is 0.331 e. The molecule has 0 aliphatic rings. The summed E-state index contributed by atoms with van der Waals surface area (Å²) in [7, 11) is 0. The predicted molar refractivity (Wildman–Crippen MR) is 65.4 cm³/mol. The molecule has 0 rings (SSSR count). The third-order valence-electron chi connectivity index (χ3n) is 2.48. The van der Waals surface area contributed by atoms with Crippen LogP contribution in [0.3, 0.4) is 0 Å². The molecule has 0 heterocycles. The summed E-state index contributed by atoms with van der Waals surface area (Å²) >= 11 is 0. The third kappa shape index (κ3) is 7.55. The van der Waals surface area contributed by atoms with Crippen molar-refractivity contribution in [3.63, 3.8) is 0 Å². The Hall–Kier alpha value is -1.32. The van der Waals surface area contributed by atoms with E-state index in [2.05, 4.69) is 0 Å². The minimum absolute atomic E-state index is 0.143. The molecule has 0 fully saturated rings. The lowest BCUT2D eigenvalue weighted by Gasteiger charge is -2.22. The van der Waals surface area contributed by atoms with E-state index in [1.165, 1.54) is 0 Å². The first kappa shape index (κ1) is 15.7. The van der Waals surface area contributed by atoms with Crippen LogP contribution in [0.2, 0.25) is 0 Å². The van der Waals surface area contributed by atoms with Gasteiger partial charge in [0.25, 0.3) is 0 Å². The summed E-state index contributed by atoms with van der Waals surface area (Å²) in [6.07, 6.45) is 3.51. The Morgan fingerprint density at radius 2 is 1.71 bits per heavy atom. The summed E-state index contributed by atoms with van der Waals surface area (Å²) in [6, 6.07) is 0. The monoisotopic (exact) mass is 242 g/mol. The van der Waals surface area contributed by atoms with E-state index >= 15 is 0 Å². The van der Waals surface area contributed by atoms with Gasteiger partial charge in [0.15, 0.2) is 0 Å². The van der Waals surface area contributed by atoms with Crippen LogP contribution >= 0.6 is 0 Å². The van der Waals surface area contributed by atoms with Gasteiger partial charge in [-0.1, -0.05) is 13.8 Å². The molecule has 0 spiro atoms. The molecule has 0 aromatic heterocycles. The van der Waals surface area contributed by atoms with E-state index in [0.29, 0.717) is 6.42 Å². The Kier molecular flexibility index (Phi) is 6.54. The van der Waals surface area contributed by atoms with Gasteiger partial charge in [-0.3, -0.25) is 0 Å². The van der Waals surface area contributed by atoms with Gasteiger partial charge in [0, 0.05) is 12.2 Å². The number of esters is 2. The highest BCUT2D eigenvalue weighted by Crippen LogP contribution is 2.13. The summed E-state index contributed by atoms with van der Waals surface area (Å²) in [6.45, 7) is 9.27. The first-order chi connectivity index (χ1) is 7.80. The van der Waals surface area contributed by atoms with E-state index < -0.39 is 17.5 Å². The first-order valence-electron chi connectivity index (χ1n) is 5.92. The Morgan fingerprint density at radius 1 is 1.18 bits per heavy atom. The van der Waals surface area contributed by atoms with E-state index in [-0.39, 0.29) is 6.10 Å². The van der Waals surface area contributed by atoms with Crippen LogP contribution in [0.25, 0.3) is 0 Å². The van der Waals surface area contributed by atoms with Crippen molar-refractivity contribution in [3.8, 4) is 0 Å². The molecule has 0 radical (unpaired) electrons. The zero-order chi connectivity index (χ0) is 13.5. The third-order valence-corrected chi connectivity index (χ3v) is 2.48. The summed E-state index contributed by atoms with van der Waals surface area (Å²) in [5.74, 6) is -1.05. The number of carbonyl (C=O) groups is 2. The van der Waals surface area contributed by atoms with Crippen molar-refractivity contribution in [1.82, 2.24) is 0 Å². The van der Waals surface area contributed by atoms with Crippen molar-refractivity contribution < 1.29 is 19.1 Å². The predicted octanol–water partition coefficient (Wildman–Crippen LogP) is 2.62. The summed E-state index contributed by atoms with van der Waals surface area (Å²) in [5, 5.41) is 0. The molecule has 0 aromatic rings. The molecule has 98 valence electrons. The highest BCUT2D eigenvalue weighted by atomic mass is 16.6. The maximum atomic E-state index is 11.4. The molecule has 1 atom stereocenters. The van der Waals surface area contributed by atoms with Crippen molar-refractivity contribution >= 4 is 11.9 Å². The lowest BCUT2D eigenvalue weighted by Crippen LogP contribution is -2.26. The first-order valence-corrected chi connectivity index (χ1v) is 5.92. The topological polar surface area (TPSA) is 52.6 Å². The minimum atomic E-state index is -0.530. The van der Waals surface area contributed by atoms with Crippen LogP contribution < -0.4 is 0 Å². The zero-order valence-corrected chi connectivity index (χ0v) is 11.3. The Morgan fingerprint density at radius 3 is 2.18 bits per heavy atom. The maximum absolute atomic E-state index is 11.4.